The number of piperidine rings is 1. The molecule has 1 aromatic carbocycles. The molecule has 0 aromatic heterocycles. The molecule has 4 nitrogen and oxygen atoms in total. The third-order valence-electron chi connectivity index (χ3n) is 5.03. The van der Waals surface area contributed by atoms with Crippen LogP contribution in [0.15, 0.2) is 18.2 Å². The maximum absolute atomic E-state index is 10.9. The predicted octanol–water partition coefficient (Wildman–Crippen LogP) is 2.75. The second kappa shape index (κ2) is 5.85. The molecule has 116 valence electrons. The molecule has 1 aromatic rings. The summed E-state index contributed by atoms with van der Waals surface area (Å²) in [5.41, 5.74) is 0.568. The number of fused-ring (bicyclic) bond motifs is 1. The fourth-order valence-corrected chi connectivity index (χ4v) is 3.97. The first-order valence-electron chi connectivity index (χ1n) is 8.05. The van der Waals surface area contributed by atoms with Crippen molar-refractivity contribution in [1.29, 1.82) is 0 Å². The number of rotatable bonds is 3. The summed E-state index contributed by atoms with van der Waals surface area (Å²) in [5, 5.41) is 24.3. The summed E-state index contributed by atoms with van der Waals surface area (Å²) in [6.07, 6.45) is 5.11. The van der Waals surface area contributed by atoms with E-state index >= 15 is 0 Å². The van der Waals surface area contributed by atoms with Crippen LogP contribution < -0.4 is 10.1 Å². The zero-order valence-corrected chi connectivity index (χ0v) is 12.6. The van der Waals surface area contributed by atoms with E-state index in [1.165, 1.54) is 6.42 Å². The number of nitrogens with one attached hydrogen (secondary N) is 1. The van der Waals surface area contributed by atoms with Gasteiger partial charge >= 0.3 is 0 Å². The van der Waals surface area contributed by atoms with Gasteiger partial charge in [0.1, 0.15) is 0 Å². The number of benzene rings is 1. The standard InChI is InChI=1S/C17H25NO3/c1-2-21-15-11-12(6-7-14(15)19)16-13-5-3-4-8-17(13,20)9-10-18-16/h6-7,11,13,16,18-20H,2-5,8-10H2,1H3/t13-,16+,17-/m1/s1. The smallest absolute Gasteiger partial charge is 0.161 e. The molecule has 0 amide bonds. The summed E-state index contributed by atoms with van der Waals surface area (Å²) < 4.78 is 5.49. The van der Waals surface area contributed by atoms with Crippen LogP contribution in [0.3, 0.4) is 0 Å². The molecule has 3 rings (SSSR count). The Bertz CT molecular complexity index is 501. The van der Waals surface area contributed by atoms with E-state index in [1.54, 1.807) is 6.07 Å². The van der Waals surface area contributed by atoms with Crippen LogP contribution in [-0.4, -0.2) is 29.0 Å². The molecule has 0 radical (unpaired) electrons. The van der Waals surface area contributed by atoms with E-state index in [2.05, 4.69) is 5.32 Å². The van der Waals surface area contributed by atoms with Gasteiger partial charge in [-0.3, -0.25) is 0 Å². The third-order valence-corrected chi connectivity index (χ3v) is 5.03. The molecular weight excluding hydrogens is 266 g/mol. The third kappa shape index (κ3) is 2.74. The lowest BCUT2D eigenvalue weighted by molar-refractivity contribution is -0.0861. The molecule has 1 saturated carbocycles. The van der Waals surface area contributed by atoms with E-state index in [9.17, 15) is 10.2 Å². The van der Waals surface area contributed by atoms with Crippen LogP contribution in [-0.2, 0) is 0 Å². The molecule has 3 atom stereocenters. The first-order valence-corrected chi connectivity index (χ1v) is 8.05. The molecule has 0 bridgehead atoms. The Morgan fingerprint density at radius 1 is 1.33 bits per heavy atom. The molecule has 0 spiro atoms. The highest BCUT2D eigenvalue weighted by Gasteiger charge is 2.45. The van der Waals surface area contributed by atoms with Gasteiger partial charge in [-0.1, -0.05) is 18.9 Å². The zero-order chi connectivity index (χ0) is 14.9. The van der Waals surface area contributed by atoms with Crippen molar-refractivity contribution < 1.29 is 14.9 Å². The molecule has 4 heteroatoms. The van der Waals surface area contributed by atoms with Crippen LogP contribution in [0.2, 0.25) is 0 Å². The van der Waals surface area contributed by atoms with Gasteiger partial charge < -0.3 is 20.3 Å². The quantitative estimate of drug-likeness (QED) is 0.801. The van der Waals surface area contributed by atoms with Crippen LogP contribution in [0.1, 0.15) is 50.6 Å². The summed E-state index contributed by atoms with van der Waals surface area (Å²) in [7, 11) is 0. The first kappa shape index (κ1) is 14.7. The highest BCUT2D eigenvalue weighted by Crippen LogP contribution is 2.46. The van der Waals surface area contributed by atoms with Crippen LogP contribution in [0.25, 0.3) is 0 Å². The van der Waals surface area contributed by atoms with Crippen LogP contribution in [0.5, 0.6) is 11.5 Å². The molecule has 1 aliphatic heterocycles. The summed E-state index contributed by atoms with van der Waals surface area (Å²) >= 11 is 0. The van der Waals surface area contributed by atoms with Crippen molar-refractivity contribution in [2.24, 2.45) is 5.92 Å². The van der Waals surface area contributed by atoms with E-state index in [1.807, 2.05) is 19.1 Å². The number of aromatic hydroxyl groups is 1. The minimum atomic E-state index is -0.530. The Kier molecular flexibility index (Phi) is 4.09. The Morgan fingerprint density at radius 2 is 2.19 bits per heavy atom. The van der Waals surface area contributed by atoms with E-state index in [4.69, 9.17) is 4.74 Å². The Morgan fingerprint density at radius 3 is 3.00 bits per heavy atom. The van der Waals surface area contributed by atoms with Crippen molar-refractivity contribution in [3.05, 3.63) is 23.8 Å². The molecule has 1 saturated heterocycles. The lowest BCUT2D eigenvalue weighted by Gasteiger charge is -2.48. The summed E-state index contributed by atoms with van der Waals surface area (Å²) in [6, 6.07) is 5.69. The Balaban J connectivity index is 1.89. The highest BCUT2D eigenvalue weighted by atomic mass is 16.5. The maximum atomic E-state index is 10.9. The SMILES string of the molecule is CCOc1cc([C@@H]2NCC[C@]3(O)CCCC[C@H]23)ccc1O. The molecule has 21 heavy (non-hydrogen) atoms. The minimum absolute atomic E-state index is 0.142. The van der Waals surface area contributed by atoms with Crippen molar-refractivity contribution in [3.8, 4) is 11.5 Å². The predicted molar refractivity (Wildman–Crippen MR) is 81.5 cm³/mol. The second-order valence-corrected chi connectivity index (χ2v) is 6.30. The van der Waals surface area contributed by atoms with Crippen molar-refractivity contribution >= 4 is 0 Å². The normalized spacial score (nSPS) is 32.5. The topological polar surface area (TPSA) is 61.7 Å². The van der Waals surface area contributed by atoms with Gasteiger partial charge in [-0.15, -0.1) is 0 Å². The Hall–Kier alpha value is -1.26. The summed E-state index contributed by atoms with van der Waals surface area (Å²) in [4.78, 5) is 0. The number of hydrogen-bond acceptors (Lipinski definition) is 4. The average molecular weight is 291 g/mol. The average Bonchev–Trinajstić information content (AvgIpc) is 2.48. The number of hydrogen-bond donors (Lipinski definition) is 3. The van der Waals surface area contributed by atoms with Crippen LogP contribution in [0.4, 0.5) is 0 Å². The number of phenolic OH excluding ortho intramolecular Hbond substituents is 1. The lowest BCUT2D eigenvalue weighted by atomic mass is 9.67. The monoisotopic (exact) mass is 291 g/mol. The fourth-order valence-electron chi connectivity index (χ4n) is 3.97. The van der Waals surface area contributed by atoms with Gasteiger partial charge in [0.2, 0.25) is 0 Å². The first-order chi connectivity index (χ1) is 10.1. The molecule has 3 N–H and O–H groups in total. The van der Waals surface area contributed by atoms with Gasteiger partial charge in [-0.2, -0.15) is 0 Å². The van der Waals surface area contributed by atoms with Gasteiger partial charge in [0, 0.05) is 12.0 Å². The minimum Gasteiger partial charge on any atom is -0.504 e. The van der Waals surface area contributed by atoms with Crippen molar-refractivity contribution in [3.63, 3.8) is 0 Å². The molecule has 1 heterocycles. The van der Waals surface area contributed by atoms with Gasteiger partial charge in [-0.05, 0) is 50.4 Å². The molecular formula is C17H25NO3. The zero-order valence-electron chi connectivity index (χ0n) is 12.6. The van der Waals surface area contributed by atoms with Gasteiger partial charge in [0.05, 0.1) is 12.2 Å². The summed E-state index contributed by atoms with van der Waals surface area (Å²) in [6.45, 7) is 3.27. The van der Waals surface area contributed by atoms with Gasteiger partial charge in [0.25, 0.3) is 0 Å². The van der Waals surface area contributed by atoms with E-state index in [0.717, 1.165) is 37.8 Å². The largest absolute Gasteiger partial charge is 0.504 e. The molecule has 2 fully saturated rings. The number of ether oxygens (including phenoxy) is 1. The highest BCUT2D eigenvalue weighted by molar-refractivity contribution is 5.43. The molecule has 2 aliphatic rings. The number of phenols is 1. The fraction of sp³-hybridized carbons (Fsp3) is 0.647. The second-order valence-electron chi connectivity index (χ2n) is 6.30. The van der Waals surface area contributed by atoms with E-state index in [0.29, 0.717) is 12.4 Å². The maximum Gasteiger partial charge on any atom is 0.161 e. The molecule has 0 unspecified atom stereocenters. The van der Waals surface area contributed by atoms with Crippen LogP contribution in [0, 0.1) is 5.92 Å². The number of aliphatic hydroxyl groups is 1. The molecule has 1 aliphatic carbocycles. The summed E-state index contributed by atoms with van der Waals surface area (Å²) in [5.74, 6) is 0.955. The van der Waals surface area contributed by atoms with Crippen molar-refractivity contribution in [2.45, 2.75) is 50.7 Å². The van der Waals surface area contributed by atoms with Gasteiger partial charge in [0.15, 0.2) is 11.5 Å². The van der Waals surface area contributed by atoms with Gasteiger partial charge in [-0.25, -0.2) is 0 Å². The lowest BCUT2D eigenvalue weighted by Crippen LogP contribution is -2.53. The van der Waals surface area contributed by atoms with Crippen molar-refractivity contribution in [1.82, 2.24) is 5.32 Å². The van der Waals surface area contributed by atoms with E-state index in [-0.39, 0.29) is 17.7 Å². The Labute approximate surface area is 126 Å². The van der Waals surface area contributed by atoms with Crippen molar-refractivity contribution in [2.75, 3.05) is 13.2 Å². The van der Waals surface area contributed by atoms with Crippen LogP contribution >= 0.6 is 0 Å². The van der Waals surface area contributed by atoms with E-state index < -0.39 is 5.60 Å².